The Balaban J connectivity index is 1.35. The number of nitrogens with one attached hydrogen (secondary N) is 2. The van der Waals surface area contributed by atoms with Gasteiger partial charge in [0.15, 0.2) is 0 Å². The van der Waals surface area contributed by atoms with Crippen LogP contribution in [0.25, 0.3) is 0 Å². The SMILES string of the molecule is O=C(Cc1nc(COc2ccccc2C(=O)Nc2ccccc2)cs1)Nc1ccccc1. The highest BCUT2D eigenvalue weighted by atomic mass is 32.1. The molecule has 0 saturated heterocycles. The molecular formula is C25H21N3O3S. The summed E-state index contributed by atoms with van der Waals surface area (Å²) in [4.78, 5) is 29.4. The minimum absolute atomic E-state index is 0.124. The summed E-state index contributed by atoms with van der Waals surface area (Å²) in [5, 5.41) is 8.27. The number of para-hydroxylation sites is 3. The molecular weight excluding hydrogens is 422 g/mol. The predicted octanol–water partition coefficient (Wildman–Crippen LogP) is 5.16. The van der Waals surface area contributed by atoms with Crippen molar-refractivity contribution in [2.24, 2.45) is 0 Å². The largest absolute Gasteiger partial charge is 0.486 e. The zero-order valence-electron chi connectivity index (χ0n) is 17.2. The standard InChI is InChI=1S/C25H21N3O3S/c29-23(26-18-9-3-1-4-10-18)15-24-27-20(17-32-24)16-31-22-14-8-7-13-21(22)25(30)28-19-11-5-2-6-12-19/h1-14,17H,15-16H2,(H,26,29)(H,28,30). The minimum atomic E-state index is -0.247. The van der Waals surface area contributed by atoms with Crippen molar-refractivity contribution in [3.63, 3.8) is 0 Å². The van der Waals surface area contributed by atoms with Gasteiger partial charge < -0.3 is 15.4 Å². The first-order valence-corrected chi connectivity index (χ1v) is 10.9. The van der Waals surface area contributed by atoms with Gasteiger partial charge in [0.2, 0.25) is 5.91 Å². The highest BCUT2D eigenvalue weighted by Crippen LogP contribution is 2.22. The molecule has 0 saturated carbocycles. The summed E-state index contributed by atoms with van der Waals surface area (Å²) < 4.78 is 5.88. The number of anilines is 2. The predicted molar refractivity (Wildman–Crippen MR) is 126 cm³/mol. The van der Waals surface area contributed by atoms with E-state index in [9.17, 15) is 9.59 Å². The number of nitrogens with zero attached hydrogens (tertiary/aromatic N) is 1. The zero-order chi connectivity index (χ0) is 22.2. The summed E-state index contributed by atoms with van der Waals surface area (Å²) in [6, 6.07) is 25.6. The van der Waals surface area contributed by atoms with Gasteiger partial charge in [-0.05, 0) is 36.4 Å². The number of thiazole rings is 1. The number of benzene rings is 3. The van der Waals surface area contributed by atoms with E-state index in [2.05, 4.69) is 15.6 Å². The van der Waals surface area contributed by atoms with E-state index in [4.69, 9.17) is 4.74 Å². The summed E-state index contributed by atoms with van der Waals surface area (Å²) >= 11 is 1.40. The molecule has 0 spiro atoms. The Bertz CT molecular complexity index is 1190. The quantitative estimate of drug-likeness (QED) is 0.394. The van der Waals surface area contributed by atoms with E-state index in [0.29, 0.717) is 27.7 Å². The van der Waals surface area contributed by atoms with Crippen molar-refractivity contribution in [3.8, 4) is 5.75 Å². The van der Waals surface area contributed by atoms with Gasteiger partial charge in [-0.1, -0.05) is 48.5 Å². The fourth-order valence-electron chi connectivity index (χ4n) is 3.01. The van der Waals surface area contributed by atoms with E-state index in [0.717, 1.165) is 5.69 Å². The highest BCUT2D eigenvalue weighted by molar-refractivity contribution is 7.09. The summed E-state index contributed by atoms with van der Waals surface area (Å²) in [5.74, 6) is 0.0987. The molecule has 0 aliphatic carbocycles. The summed E-state index contributed by atoms with van der Waals surface area (Å²) in [6.45, 7) is 0.201. The number of carbonyl (C=O) groups is 2. The van der Waals surface area contributed by atoms with Crippen LogP contribution in [0.3, 0.4) is 0 Å². The third kappa shape index (κ3) is 5.80. The molecule has 1 aromatic heterocycles. The van der Waals surface area contributed by atoms with Crippen LogP contribution in [0.15, 0.2) is 90.3 Å². The van der Waals surface area contributed by atoms with Gasteiger partial charge >= 0.3 is 0 Å². The second-order valence-electron chi connectivity index (χ2n) is 6.93. The normalized spacial score (nSPS) is 10.4. The Kier molecular flexibility index (Phi) is 6.89. The number of hydrogen-bond acceptors (Lipinski definition) is 5. The van der Waals surface area contributed by atoms with Crippen molar-refractivity contribution >= 4 is 34.5 Å². The number of hydrogen-bond donors (Lipinski definition) is 2. The fourth-order valence-corrected chi connectivity index (χ4v) is 3.79. The van der Waals surface area contributed by atoms with Gasteiger partial charge in [-0.15, -0.1) is 11.3 Å². The van der Waals surface area contributed by atoms with Crippen molar-refractivity contribution in [1.29, 1.82) is 0 Å². The van der Waals surface area contributed by atoms with Gasteiger partial charge in [-0.2, -0.15) is 0 Å². The van der Waals surface area contributed by atoms with Crippen LogP contribution in [0.4, 0.5) is 11.4 Å². The average molecular weight is 444 g/mol. The molecule has 7 heteroatoms. The molecule has 2 amide bonds. The summed E-state index contributed by atoms with van der Waals surface area (Å²) in [6.07, 6.45) is 0.190. The van der Waals surface area contributed by atoms with Crippen LogP contribution in [0, 0.1) is 0 Å². The van der Waals surface area contributed by atoms with Crippen LogP contribution < -0.4 is 15.4 Å². The Morgan fingerprint density at radius 1 is 0.812 bits per heavy atom. The van der Waals surface area contributed by atoms with Crippen LogP contribution in [0.2, 0.25) is 0 Å². The van der Waals surface area contributed by atoms with Crippen molar-refractivity contribution in [3.05, 3.63) is 107 Å². The van der Waals surface area contributed by atoms with Gasteiger partial charge in [0.25, 0.3) is 5.91 Å². The molecule has 1 heterocycles. The third-order valence-corrected chi connectivity index (χ3v) is 5.41. The topological polar surface area (TPSA) is 80.3 Å². The maximum absolute atomic E-state index is 12.7. The number of amides is 2. The Labute approximate surface area is 189 Å². The average Bonchev–Trinajstić information content (AvgIpc) is 3.26. The Morgan fingerprint density at radius 3 is 2.16 bits per heavy atom. The number of ether oxygens (including phenoxy) is 1. The van der Waals surface area contributed by atoms with Gasteiger partial charge in [0.1, 0.15) is 17.4 Å². The fraction of sp³-hybridized carbons (Fsp3) is 0.0800. The van der Waals surface area contributed by atoms with Crippen molar-refractivity contribution in [1.82, 2.24) is 4.98 Å². The molecule has 0 aliphatic heterocycles. The lowest BCUT2D eigenvalue weighted by molar-refractivity contribution is -0.115. The first-order valence-electron chi connectivity index (χ1n) is 10.0. The molecule has 160 valence electrons. The van der Waals surface area contributed by atoms with Gasteiger partial charge in [-0.25, -0.2) is 4.98 Å². The number of rotatable bonds is 8. The highest BCUT2D eigenvalue weighted by Gasteiger charge is 2.14. The maximum Gasteiger partial charge on any atom is 0.259 e. The van der Waals surface area contributed by atoms with Crippen LogP contribution in [-0.4, -0.2) is 16.8 Å². The van der Waals surface area contributed by atoms with Crippen LogP contribution in [0.5, 0.6) is 5.75 Å². The summed E-state index contributed by atoms with van der Waals surface area (Å²) in [7, 11) is 0. The summed E-state index contributed by atoms with van der Waals surface area (Å²) in [5.41, 5.74) is 2.61. The van der Waals surface area contributed by atoms with Gasteiger partial charge in [0, 0.05) is 16.8 Å². The Hall–Kier alpha value is -3.97. The minimum Gasteiger partial charge on any atom is -0.486 e. The lowest BCUT2D eigenvalue weighted by atomic mass is 10.2. The van der Waals surface area contributed by atoms with Crippen molar-refractivity contribution in [2.45, 2.75) is 13.0 Å². The molecule has 4 rings (SSSR count). The molecule has 0 aliphatic rings. The van der Waals surface area contributed by atoms with E-state index in [1.165, 1.54) is 11.3 Å². The number of carbonyl (C=O) groups excluding carboxylic acids is 2. The van der Waals surface area contributed by atoms with E-state index in [1.807, 2.05) is 72.1 Å². The molecule has 0 atom stereocenters. The van der Waals surface area contributed by atoms with Crippen LogP contribution >= 0.6 is 11.3 Å². The molecule has 0 unspecified atom stereocenters. The maximum atomic E-state index is 12.7. The first kappa shape index (κ1) is 21.3. The molecule has 32 heavy (non-hydrogen) atoms. The zero-order valence-corrected chi connectivity index (χ0v) is 18.0. The molecule has 4 aromatic rings. The van der Waals surface area contributed by atoms with Gasteiger partial charge in [0.05, 0.1) is 17.7 Å². The van der Waals surface area contributed by atoms with Crippen LogP contribution in [-0.2, 0) is 17.8 Å². The Morgan fingerprint density at radius 2 is 1.44 bits per heavy atom. The lowest BCUT2D eigenvalue weighted by Crippen LogP contribution is -2.14. The van der Waals surface area contributed by atoms with E-state index < -0.39 is 0 Å². The van der Waals surface area contributed by atoms with E-state index in [1.54, 1.807) is 18.2 Å². The smallest absolute Gasteiger partial charge is 0.259 e. The second kappa shape index (κ2) is 10.4. The van der Waals surface area contributed by atoms with E-state index in [-0.39, 0.29) is 24.8 Å². The number of aromatic nitrogens is 1. The molecule has 3 aromatic carbocycles. The second-order valence-corrected chi connectivity index (χ2v) is 7.87. The van der Waals surface area contributed by atoms with Gasteiger partial charge in [-0.3, -0.25) is 9.59 Å². The molecule has 0 bridgehead atoms. The molecule has 6 nitrogen and oxygen atoms in total. The monoisotopic (exact) mass is 443 g/mol. The lowest BCUT2D eigenvalue weighted by Gasteiger charge is -2.11. The molecule has 0 fully saturated rings. The van der Waals surface area contributed by atoms with Crippen molar-refractivity contribution < 1.29 is 14.3 Å². The first-order chi connectivity index (χ1) is 15.7. The van der Waals surface area contributed by atoms with Crippen molar-refractivity contribution in [2.75, 3.05) is 10.6 Å². The van der Waals surface area contributed by atoms with Crippen LogP contribution in [0.1, 0.15) is 21.1 Å². The molecule has 2 N–H and O–H groups in total. The third-order valence-electron chi connectivity index (χ3n) is 4.51. The van der Waals surface area contributed by atoms with E-state index >= 15 is 0 Å². The molecule has 0 radical (unpaired) electrons.